The molecule has 0 amide bonds. The minimum atomic E-state index is 0.390. The van der Waals surface area contributed by atoms with Crippen molar-refractivity contribution in [3.05, 3.63) is 0 Å². The second-order valence-corrected chi connectivity index (χ2v) is 5.34. The summed E-state index contributed by atoms with van der Waals surface area (Å²) in [6.07, 6.45) is 4.23. The topological polar surface area (TPSA) is 38.5 Å². The minimum Gasteiger partial charge on any atom is -0.376 e. The molecule has 1 saturated heterocycles. The highest BCUT2D eigenvalue weighted by molar-refractivity contribution is 4.98. The molecule has 0 radical (unpaired) electrons. The van der Waals surface area contributed by atoms with E-state index >= 15 is 0 Å². The van der Waals surface area contributed by atoms with Gasteiger partial charge >= 0.3 is 0 Å². The van der Waals surface area contributed by atoms with Gasteiger partial charge in [0.25, 0.3) is 0 Å². The second kappa shape index (κ2) is 4.40. The van der Waals surface area contributed by atoms with Crippen molar-refractivity contribution in [2.45, 2.75) is 45.3 Å². The Labute approximate surface area is 93.0 Å². The van der Waals surface area contributed by atoms with Crippen molar-refractivity contribution in [3.8, 4) is 0 Å². The zero-order chi connectivity index (χ0) is 10.9. The van der Waals surface area contributed by atoms with Crippen LogP contribution >= 0.6 is 0 Å². The number of nitrogens with two attached hydrogens (primary N) is 1. The van der Waals surface area contributed by atoms with Crippen molar-refractivity contribution < 1.29 is 4.74 Å². The highest BCUT2D eigenvalue weighted by atomic mass is 16.5. The summed E-state index contributed by atoms with van der Waals surface area (Å²) in [6.45, 7) is 8.45. The molecule has 2 atom stereocenters. The first-order valence-corrected chi connectivity index (χ1v) is 6.25. The Morgan fingerprint density at radius 1 is 1.47 bits per heavy atom. The Morgan fingerprint density at radius 2 is 2.20 bits per heavy atom. The zero-order valence-corrected chi connectivity index (χ0v) is 10.0. The molecule has 0 bridgehead atoms. The van der Waals surface area contributed by atoms with Gasteiger partial charge in [0.2, 0.25) is 0 Å². The molecular weight excluding hydrogens is 188 g/mol. The number of nitrogens with zero attached hydrogens (tertiary/aromatic N) is 1. The molecule has 3 nitrogen and oxygen atoms in total. The highest BCUT2D eigenvalue weighted by Gasteiger charge is 2.44. The molecule has 2 aliphatic rings. The fourth-order valence-electron chi connectivity index (χ4n) is 2.52. The number of hydrogen-bond donors (Lipinski definition) is 1. The standard InChI is InChI=1S/C12H24N2O/c1-3-11-7-15-10(2)6-14(11)9-12(8-13)4-5-12/h10-11H,3-9,13H2,1-2H3. The summed E-state index contributed by atoms with van der Waals surface area (Å²) >= 11 is 0. The van der Waals surface area contributed by atoms with Crippen LogP contribution in [0.1, 0.15) is 33.1 Å². The lowest BCUT2D eigenvalue weighted by Crippen LogP contribution is -2.51. The van der Waals surface area contributed by atoms with Crippen molar-refractivity contribution in [3.63, 3.8) is 0 Å². The van der Waals surface area contributed by atoms with Crippen molar-refractivity contribution in [1.29, 1.82) is 0 Å². The van der Waals surface area contributed by atoms with Gasteiger partial charge in [0.05, 0.1) is 12.7 Å². The maximum absolute atomic E-state index is 5.85. The monoisotopic (exact) mass is 212 g/mol. The Morgan fingerprint density at radius 3 is 2.73 bits per heavy atom. The molecule has 2 fully saturated rings. The molecule has 1 heterocycles. The lowest BCUT2D eigenvalue weighted by Gasteiger charge is -2.40. The van der Waals surface area contributed by atoms with Crippen LogP contribution in [0.4, 0.5) is 0 Å². The van der Waals surface area contributed by atoms with Gasteiger partial charge in [0.1, 0.15) is 0 Å². The van der Waals surface area contributed by atoms with Crippen LogP contribution in [0, 0.1) is 5.41 Å². The van der Waals surface area contributed by atoms with Gasteiger partial charge in [-0.15, -0.1) is 0 Å². The predicted octanol–water partition coefficient (Wildman–Crippen LogP) is 1.22. The fraction of sp³-hybridized carbons (Fsp3) is 1.00. The Hall–Kier alpha value is -0.120. The van der Waals surface area contributed by atoms with E-state index in [1.54, 1.807) is 0 Å². The summed E-state index contributed by atoms with van der Waals surface area (Å²) in [4.78, 5) is 2.61. The molecule has 0 aromatic carbocycles. The van der Waals surface area contributed by atoms with E-state index in [-0.39, 0.29) is 0 Å². The van der Waals surface area contributed by atoms with E-state index in [4.69, 9.17) is 10.5 Å². The average molecular weight is 212 g/mol. The summed E-state index contributed by atoms with van der Waals surface area (Å²) < 4.78 is 5.71. The molecular formula is C12H24N2O. The first kappa shape index (κ1) is 11.4. The van der Waals surface area contributed by atoms with Gasteiger partial charge in [-0.3, -0.25) is 4.90 Å². The van der Waals surface area contributed by atoms with Crippen molar-refractivity contribution >= 4 is 0 Å². The number of morpholine rings is 1. The van der Waals surface area contributed by atoms with Crippen LogP contribution in [0.3, 0.4) is 0 Å². The molecule has 2 rings (SSSR count). The molecule has 1 aliphatic carbocycles. The van der Waals surface area contributed by atoms with Crippen LogP contribution in [0.5, 0.6) is 0 Å². The molecule has 3 heteroatoms. The van der Waals surface area contributed by atoms with Crippen LogP contribution in [0.25, 0.3) is 0 Å². The van der Waals surface area contributed by atoms with E-state index < -0.39 is 0 Å². The van der Waals surface area contributed by atoms with Crippen LogP contribution in [0.2, 0.25) is 0 Å². The summed E-state index contributed by atoms with van der Waals surface area (Å²) in [5.41, 5.74) is 6.31. The van der Waals surface area contributed by atoms with E-state index in [0.717, 1.165) is 19.7 Å². The summed E-state index contributed by atoms with van der Waals surface area (Å²) in [6, 6.07) is 0.616. The smallest absolute Gasteiger partial charge is 0.0674 e. The van der Waals surface area contributed by atoms with Crippen LogP contribution in [-0.4, -0.2) is 43.3 Å². The molecule has 0 spiro atoms. The molecule has 0 aromatic heterocycles. The first-order chi connectivity index (χ1) is 7.19. The van der Waals surface area contributed by atoms with Crippen molar-refractivity contribution in [2.75, 3.05) is 26.2 Å². The largest absolute Gasteiger partial charge is 0.376 e. The van der Waals surface area contributed by atoms with Crippen molar-refractivity contribution in [1.82, 2.24) is 4.90 Å². The summed E-state index contributed by atoms with van der Waals surface area (Å²) in [5.74, 6) is 0. The summed E-state index contributed by atoms with van der Waals surface area (Å²) in [7, 11) is 0. The van der Waals surface area contributed by atoms with E-state index in [2.05, 4.69) is 18.7 Å². The van der Waals surface area contributed by atoms with E-state index in [0.29, 0.717) is 17.6 Å². The normalized spacial score (nSPS) is 35.4. The summed E-state index contributed by atoms with van der Waals surface area (Å²) in [5, 5.41) is 0. The van der Waals surface area contributed by atoms with Gasteiger partial charge in [-0.2, -0.15) is 0 Å². The molecule has 15 heavy (non-hydrogen) atoms. The Kier molecular flexibility index (Phi) is 3.33. The lowest BCUT2D eigenvalue weighted by atomic mass is 10.0. The molecule has 1 aliphatic heterocycles. The maximum Gasteiger partial charge on any atom is 0.0674 e. The number of ether oxygens (including phenoxy) is 1. The SMILES string of the molecule is CCC1COC(C)CN1CC1(CN)CC1. The van der Waals surface area contributed by atoms with E-state index in [1.807, 2.05) is 0 Å². The van der Waals surface area contributed by atoms with Gasteiger partial charge < -0.3 is 10.5 Å². The van der Waals surface area contributed by atoms with Gasteiger partial charge in [-0.1, -0.05) is 6.92 Å². The molecule has 1 saturated carbocycles. The average Bonchev–Trinajstić information content (AvgIpc) is 2.99. The van der Waals surface area contributed by atoms with Gasteiger partial charge in [0.15, 0.2) is 0 Å². The number of rotatable bonds is 4. The minimum absolute atomic E-state index is 0.390. The van der Waals surface area contributed by atoms with Crippen LogP contribution in [0.15, 0.2) is 0 Å². The Balaban J connectivity index is 1.92. The van der Waals surface area contributed by atoms with Crippen LogP contribution < -0.4 is 5.73 Å². The maximum atomic E-state index is 5.85. The zero-order valence-electron chi connectivity index (χ0n) is 10.0. The highest BCUT2D eigenvalue weighted by Crippen LogP contribution is 2.45. The van der Waals surface area contributed by atoms with Crippen molar-refractivity contribution in [2.24, 2.45) is 11.1 Å². The van der Waals surface area contributed by atoms with E-state index in [9.17, 15) is 0 Å². The van der Waals surface area contributed by atoms with Gasteiger partial charge in [-0.05, 0) is 38.1 Å². The van der Waals surface area contributed by atoms with Crippen LogP contribution in [-0.2, 0) is 4.74 Å². The third kappa shape index (κ3) is 2.52. The second-order valence-electron chi connectivity index (χ2n) is 5.34. The third-order valence-electron chi connectivity index (χ3n) is 3.98. The quantitative estimate of drug-likeness (QED) is 0.761. The lowest BCUT2D eigenvalue weighted by molar-refractivity contribution is -0.0617. The molecule has 88 valence electrons. The molecule has 0 aromatic rings. The number of hydrogen-bond acceptors (Lipinski definition) is 3. The first-order valence-electron chi connectivity index (χ1n) is 6.25. The predicted molar refractivity (Wildman–Crippen MR) is 61.8 cm³/mol. The van der Waals surface area contributed by atoms with Gasteiger partial charge in [0, 0.05) is 19.1 Å². The van der Waals surface area contributed by atoms with E-state index in [1.165, 1.54) is 25.8 Å². The molecule has 2 unspecified atom stereocenters. The van der Waals surface area contributed by atoms with Gasteiger partial charge in [-0.25, -0.2) is 0 Å². The third-order valence-corrected chi connectivity index (χ3v) is 3.98. The fourth-order valence-corrected chi connectivity index (χ4v) is 2.52. The molecule has 2 N–H and O–H groups in total. The Bertz CT molecular complexity index is 216.